The summed E-state index contributed by atoms with van der Waals surface area (Å²) in [5.41, 5.74) is -0.0813. The number of aliphatic hydroxyl groups is 3. The molecule has 1 saturated heterocycles. The molecule has 1 aliphatic heterocycles. The molecule has 0 bridgehead atoms. The fourth-order valence-corrected chi connectivity index (χ4v) is 11.3. The highest BCUT2D eigenvalue weighted by atomic mass is 16.3. The van der Waals surface area contributed by atoms with Crippen molar-refractivity contribution < 1.29 is 24.6 Å². The number of amides is 1. The van der Waals surface area contributed by atoms with Gasteiger partial charge in [0.25, 0.3) is 0 Å². The molecule has 5 fully saturated rings. The maximum Gasteiger partial charge on any atom is 0.220 e. The van der Waals surface area contributed by atoms with E-state index in [2.05, 4.69) is 33.0 Å². The Morgan fingerprint density at radius 1 is 1.00 bits per heavy atom. The molecule has 4 N–H and O–H groups in total. The van der Waals surface area contributed by atoms with Gasteiger partial charge < -0.3 is 25.1 Å². The summed E-state index contributed by atoms with van der Waals surface area (Å²) >= 11 is 0. The van der Waals surface area contributed by atoms with Gasteiger partial charge in [0, 0.05) is 19.3 Å². The Bertz CT molecular complexity index is 861. The molecule has 6 nitrogen and oxygen atoms in total. The van der Waals surface area contributed by atoms with Crippen LogP contribution < -0.4 is 5.32 Å². The third-order valence-corrected chi connectivity index (χ3v) is 13.5. The number of hydrogen-bond acceptors (Lipinski definition) is 4. The summed E-state index contributed by atoms with van der Waals surface area (Å²) in [6.07, 6.45) is 10.8. The van der Waals surface area contributed by atoms with E-state index in [-0.39, 0.29) is 41.0 Å². The molecule has 4 aliphatic carbocycles. The molecule has 0 aromatic rings. The summed E-state index contributed by atoms with van der Waals surface area (Å²) in [5, 5.41) is 36.9. The van der Waals surface area contributed by atoms with Crippen LogP contribution in [0.5, 0.6) is 0 Å². The smallest absolute Gasteiger partial charge is 0.220 e. The summed E-state index contributed by atoms with van der Waals surface area (Å²) in [6, 6.07) is 0. The van der Waals surface area contributed by atoms with Gasteiger partial charge in [0.15, 0.2) is 0 Å². The average Bonchev–Trinajstić information content (AvgIpc) is 3.50. The molecule has 5 aliphatic rings. The fraction of sp³-hybridized carbons (Fsp3) is 0.970. The topological polar surface area (TPSA) is 89.8 Å². The molecule has 0 aromatic carbocycles. The molecule has 11 atom stereocenters. The van der Waals surface area contributed by atoms with E-state index in [0.29, 0.717) is 36.0 Å². The van der Waals surface area contributed by atoms with Crippen LogP contribution in [-0.2, 0) is 4.79 Å². The lowest BCUT2D eigenvalue weighted by Gasteiger charge is -2.63. The van der Waals surface area contributed by atoms with Crippen molar-refractivity contribution in [1.82, 2.24) is 5.32 Å². The number of carbonyl (C=O) groups excluding carboxylic acids is 1. The van der Waals surface area contributed by atoms with Gasteiger partial charge in [-0.1, -0.05) is 27.7 Å². The van der Waals surface area contributed by atoms with Crippen molar-refractivity contribution in [2.24, 2.45) is 46.3 Å². The highest BCUT2D eigenvalue weighted by molar-refractivity contribution is 5.75. The molecule has 1 heterocycles. The van der Waals surface area contributed by atoms with Crippen molar-refractivity contribution >= 4 is 5.91 Å². The molecular weight excluding hydrogens is 488 g/mol. The third kappa shape index (κ3) is 5.34. The number of likely N-dealkylation sites (tertiary alicyclic amines) is 1. The van der Waals surface area contributed by atoms with Crippen LogP contribution in [0.4, 0.5) is 0 Å². The van der Waals surface area contributed by atoms with Crippen molar-refractivity contribution in [2.45, 2.75) is 123 Å². The third-order valence-electron chi connectivity index (χ3n) is 13.5. The second-order valence-electron chi connectivity index (χ2n) is 15.3. The Balaban J connectivity index is 1.18. The van der Waals surface area contributed by atoms with Crippen LogP contribution in [0.3, 0.4) is 0 Å². The van der Waals surface area contributed by atoms with E-state index in [1.807, 2.05) is 0 Å². The zero-order valence-electron chi connectivity index (χ0n) is 25.4. The number of hydrogen-bond donors (Lipinski definition) is 4. The molecule has 5 rings (SSSR count). The van der Waals surface area contributed by atoms with Gasteiger partial charge in [0.05, 0.1) is 51.0 Å². The Morgan fingerprint density at radius 3 is 2.46 bits per heavy atom. The first-order chi connectivity index (χ1) is 18.5. The lowest BCUT2D eigenvalue weighted by molar-refractivity contribution is -0.915. The van der Waals surface area contributed by atoms with Crippen LogP contribution >= 0.6 is 0 Å². The van der Waals surface area contributed by atoms with Crippen LogP contribution in [0.25, 0.3) is 0 Å². The molecule has 6 heteroatoms. The van der Waals surface area contributed by atoms with Gasteiger partial charge in [-0.15, -0.1) is 0 Å². The van der Waals surface area contributed by atoms with Crippen molar-refractivity contribution in [3.05, 3.63) is 0 Å². The summed E-state index contributed by atoms with van der Waals surface area (Å²) < 4.78 is 1.18. The van der Waals surface area contributed by atoms with Gasteiger partial charge in [0.1, 0.15) is 0 Å². The highest BCUT2D eigenvalue weighted by Gasteiger charge is 2.65. The first kappa shape index (κ1) is 29.8. The van der Waals surface area contributed by atoms with Gasteiger partial charge in [0.2, 0.25) is 5.91 Å². The number of carbonyl (C=O) groups is 1. The lowest BCUT2D eigenvalue weighted by atomic mass is 9.43. The monoisotopic (exact) mass is 547 g/mol. The van der Waals surface area contributed by atoms with E-state index in [0.717, 1.165) is 64.5 Å². The molecule has 0 spiro atoms. The molecule has 39 heavy (non-hydrogen) atoms. The minimum atomic E-state index is -0.360. The van der Waals surface area contributed by atoms with Gasteiger partial charge >= 0.3 is 0 Å². The number of nitrogens with zero attached hydrogens (tertiary/aromatic N) is 1. The van der Waals surface area contributed by atoms with Gasteiger partial charge in [-0.2, -0.15) is 0 Å². The summed E-state index contributed by atoms with van der Waals surface area (Å²) in [7, 11) is 0. The van der Waals surface area contributed by atoms with Gasteiger partial charge in [-0.05, 0) is 104 Å². The SMILES string of the molecule is CCC[N+]1(CCNC(=O)CC[C@@H](C)[C@H]2CCC3C4C(C[C@H](O)[C@@]32C)[C@@]2(C)CC[C@@H](O)CC2C[C@H]4O)CCCC1. The number of aliphatic hydroxyl groups excluding tert-OH is 3. The summed E-state index contributed by atoms with van der Waals surface area (Å²) in [4.78, 5) is 12.8. The number of fused-ring (bicyclic) bond motifs is 5. The van der Waals surface area contributed by atoms with E-state index in [1.54, 1.807) is 0 Å². The molecule has 224 valence electrons. The van der Waals surface area contributed by atoms with Crippen molar-refractivity contribution in [3.63, 3.8) is 0 Å². The quantitative estimate of drug-likeness (QED) is 0.320. The second kappa shape index (κ2) is 11.5. The summed E-state index contributed by atoms with van der Waals surface area (Å²) in [5.74, 6) is 2.23. The molecule has 1 amide bonds. The molecular formula is C33H59N2O4+. The van der Waals surface area contributed by atoms with E-state index >= 15 is 0 Å². The molecule has 4 saturated carbocycles. The first-order valence-electron chi connectivity index (χ1n) is 16.7. The fourth-order valence-electron chi connectivity index (χ4n) is 11.3. The minimum Gasteiger partial charge on any atom is -0.393 e. The number of nitrogens with one attached hydrogen (secondary N) is 1. The first-order valence-corrected chi connectivity index (χ1v) is 16.7. The Kier molecular flexibility index (Phi) is 8.81. The van der Waals surface area contributed by atoms with Crippen LogP contribution in [0.2, 0.25) is 0 Å². The van der Waals surface area contributed by atoms with Crippen LogP contribution in [0, 0.1) is 46.3 Å². The van der Waals surface area contributed by atoms with E-state index < -0.39 is 0 Å². The van der Waals surface area contributed by atoms with Crippen molar-refractivity contribution in [2.75, 3.05) is 32.7 Å². The molecule has 0 aromatic heterocycles. The van der Waals surface area contributed by atoms with Crippen LogP contribution in [0.15, 0.2) is 0 Å². The standard InChI is InChI=1S/C33H58N2O4/c1-5-15-35(16-6-7-17-35)18-14-34-30(39)11-8-22(2)25-9-10-26-31-27(21-29(38)33(25,26)4)32(3)13-12-24(36)19-23(32)20-28(31)37/h22-29,31,36-38H,5-21H2,1-4H3/p+1/t22-,23?,24-,25-,26?,27?,28-,29+,31?,32+,33-/m1/s1. The van der Waals surface area contributed by atoms with Crippen LogP contribution in [-0.4, -0.2) is 76.7 Å². The predicted octanol–water partition coefficient (Wildman–Crippen LogP) is 4.50. The zero-order chi connectivity index (χ0) is 28.0. The van der Waals surface area contributed by atoms with Gasteiger partial charge in [-0.3, -0.25) is 4.79 Å². The van der Waals surface area contributed by atoms with Crippen molar-refractivity contribution in [3.8, 4) is 0 Å². The lowest BCUT2D eigenvalue weighted by Crippen LogP contribution is -2.62. The normalized spacial score (nSPS) is 45.7. The Morgan fingerprint density at radius 2 is 1.74 bits per heavy atom. The molecule has 0 radical (unpaired) electrons. The van der Waals surface area contributed by atoms with Crippen molar-refractivity contribution in [1.29, 1.82) is 0 Å². The minimum absolute atomic E-state index is 0.111. The maximum atomic E-state index is 12.8. The largest absolute Gasteiger partial charge is 0.393 e. The summed E-state index contributed by atoms with van der Waals surface area (Å²) in [6.45, 7) is 14.9. The Hall–Kier alpha value is -0.690. The Labute approximate surface area is 237 Å². The zero-order valence-corrected chi connectivity index (χ0v) is 25.4. The van der Waals surface area contributed by atoms with E-state index in [9.17, 15) is 20.1 Å². The predicted molar refractivity (Wildman–Crippen MR) is 155 cm³/mol. The number of quaternary nitrogens is 1. The van der Waals surface area contributed by atoms with E-state index in [1.165, 1.54) is 43.4 Å². The second-order valence-corrected chi connectivity index (χ2v) is 15.3. The van der Waals surface area contributed by atoms with Gasteiger partial charge in [-0.25, -0.2) is 0 Å². The van der Waals surface area contributed by atoms with E-state index in [4.69, 9.17) is 0 Å². The molecule has 4 unspecified atom stereocenters. The average molecular weight is 548 g/mol. The highest BCUT2D eigenvalue weighted by Crippen LogP contribution is 2.68. The maximum absolute atomic E-state index is 12.8. The number of rotatable bonds is 9. The van der Waals surface area contributed by atoms with Crippen LogP contribution in [0.1, 0.15) is 105 Å².